The Hall–Kier alpha value is -0.780. The second-order valence-electron chi connectivity index (χ2n) is 9.08. The third-order valence-corrected chi connectivity index (χ3v) is 7.36. The minimum absolute atomic E-state index is 0.101. The Morgan fingerprint density at radius 2 is 1.72 bits per heavy atom. The summed E-state index contributed by atoms with van der Waals surface area (Å²) in [4.78, 5) is 4.93. The van der Waals surface area contributed by atoms with E-state index in [9.17, 15) is 8.42 Å². The van der Waals surface area contributed by atoms with Crippen LogP contribution in [0.15, 0.2) is 4.99 Å². The van der Waals surface area contributed by atoms with Gasteiger partial charge in [-0.25, -0.2) is 8.42 Å². The molecule has 0 spiro atoms. The lowest BCUT2D eigenvalue weighted by Gasteiger charge is -2.56. The van der Waals surface area contributed by atoms with E-state index in [1.807, 2.05) is 6.92 Å². The summed E-state index contributed by atoms with van der Waals surface area (Å²) in [6.45, 7) is 5.85. The van der Waals surface area contributed by atoms with Crippen LogP contribution in [0.5, 0.6) is 0 Å². The van der Waals surface area contributed by atoms with Crippen LogP contribution in [0.2, 0.25) is 0 Å². The lowest BCUT2D eigenvalue weighted by molar-refractivity contribution is -0.0465. The van der Waals surface area contributed by atoms with E-state index < -0.39 is 9.84 Å². The van der Waals surface area contributed by atoms with Crippen molar-refractivity contribution in [1.82, 2.24) is 10.6 Å². The zero-order valence-corrected chi connectivity index (χ0v) is 16.9. The van der Waals surface area contributed by atoms with Crippen LogP contribution < -0.4 is 10.6 Å². The number of nitrogens with one attached hydrogen (secondary N) is 2. The molecule has 1 unspecified atom stereocenters. The number of hydrogen-bond acceptors (Lipinski definition) is 3. The highest BCUT2D eigenvalue weighted by Crippen LogP contribution is 2.60. The maximum atomic E-state index is 11.4. The fraction of sp³-hybridized carbons (Fsp3) is 0.947. The second kappa shape index (κ2) is 7.45. The van der Waals surface area contributed by atoms with Crippen LogP contribution in [-0.2, 0) is 9.84 Å². The molecule has 0 saturated heterocycles. The SMILES string of the molecule is CCNC(=NCC12CC3CC(CC(C3)C1)C2)NC(C)CCS(C)(=O)=O. The highest BCUT2D eigenvalue weighted by Gasteiger charge is 2.50. The fourth-order valence-corrected chi connectivity index (χ4v) is 6.53. The van der Waals surface area contributed by atoms with Gasteiger partial charge in [0, 0.05) is 25.4 Å². The molecule has 0 aromatic carbocycles. The van der Waals surface area contributed by atoms with Gasteiger partial charge in [0.1, 0.15) is 9.84 Å². The molecule has 4 fully saturated rings. The van der Waals surface area contributed by atoms with E-state index in [4.69, 9.17) is 4.99 Å². The Morgan fingerprint density at radius 1 is 1.16 bits per heavy atom. The lowest BCUT2D eigenvalue weighted by Crippen LogP contribution is -2.48. The van der Waals surface area contributed by atoms with Gasteiger partial charge >= 0.3 is 0 Å². The first-order valence-corrected chi connectivity index (χ1v) is 12.1. The number of nitrogens with zero attached hydrogens (tertiary/aromatic N) is 1. The Bertz CT molecular complexity index is 565. The molecule has 2 N–H and O–H groups in total. The van der Waals surface area contributed by atoms with E-state index in [1.165, 1.54) is 44.8 Å². The molecule has 1 atom stereocenters. The summed E-state index contributed by atoms with van der Waals surface area (Å²) in [6.07, 6.45) is 10.4. The molecule has 4 bridgehead atoms. The normalized spacial score (nSPS) is 35.6. The second-order valence-corrected chi connectivity index (χ2v) is 11.3. The van der Waals surface area contributed by atoms with Crippen LogP contribution >= 0.6 is 0 Å². The van der Waals surface area contributed by atoms with Gasteiger partial charge in [-0.05, 0) is 82.0 Å². The first-order valence-electron chi connectivity index (χ1n) is 9.99. The Morgan fingerprint density at radius 3 is 2.20 bits per heavy atom. The molecule has 4 aliphatic rings. The topological polar surface area (TPSA) is 70.6 Å². The zero-order valence-electron chi connectivity index (χ0n) is 16.1. The summed E-state index contributed by atoms with van der Waals surface area (Å²) in [7, 11) is -2.91. The maximum absolute atomic E-state index is 11.4. The van der Waals surface area contributed by atoms with E-state index >= 15 is 0 Å². The van der Waals surface area contributed by atoms with E-state index in [0.717, 1.165) is 36.8 Å². The molecule has 5 nitrogen and oxygen atoms in total. The number of hydrogen-bond donors (Lipinski definition) is 2. The zero-order chi connectivity index (χ0) is 18.1. The van der Waals surface area contributed by atoms with Crippen molar-refractivity contribution in [1.29, 1.82) is 0 Å². The molecule has 4 saturated carbocycles. The lowest BCUT2D eigenvalue weighted by atomic mass is 9.49. The Kier molecular flexibility index (Phi) is 5.66. The highest BCUT2D eigenvalue weighted by molar-refractivity contribution is 7.90. The third-order valence-electron chi connectivity index (χ3n) is 6.39. The molecule has 0 aromatic heterocycles. The van der Waals surface area contributed by atoms with Gasteiger partial charge in [-0.15, -0.1) is 0 Å². The predicted octanol–water partition coefficient (Wildman–Crippen LogP) is 2.58. The molecule has 0 heterocycles. The van der Waals surface area contributed by atoms with Crippen molar-refractivity contribution in [3.63, 3.8) is 0 Å². The van der Waals surface area contributed by atoms with Gasteiger partial charge in [-0.2, -0.15) is 0 Å². The molecule has 144 valence electrons. The van der Waals surface area contributed by atoms with Gasteiger partial charge in [0.25, 0.3) is 0 Å². The van der Waals surface area contributed by atoms with E-state index in [1.54, 1.807) is 0 Å². The van der Waals surface area contributed by atoms with Crippen molar-refractivity contribution in [3.05, 3.63) is 0 Å². The summed E-state index contributed by atoms with van der Waals surface area (Å²) in [5.74, 6) is 3.91. The largest absolute Gasteiger partial charge is 0.357 e. The van der Waals surface area contributed by atoms with Gasteiger partial charge in [0.05, 0.1) is 5.75 Å². The summed E-state index contributed by atoms with van der Waals surface area (Å²) >= 11 is 0. The monoisotopic (exact) mass is 369 g/mol. The van der Waals surface area contributed by atoms with Crippen molar-refractivity contribution in [2.75, 3.05) is 25.1 Å². The van der Waals surface area contributed by atoms with Crippen molar-refractivity contribution in [3.8, 4) is 0 Å². The van der Waals surface area contributed by atoms with Crippen molar-refractivity contribution in [2.24, 2.45) is 28.2 Å². The molecule has 25 heavy (non-hydrogen) atoms. The van der Waals surface area contributed by atoms with Crippen LogP contribution in [-0.4, -0.2) is 45.5 Å². The molecule has 0 aliphatic heterocycles. The summed E-state index contributed by atoms with van der Waals surface area (Å²) in [6, 6.07) is 0.101. The molecule has 0 amide bonds. The van der Waals surface area contributed by atoms with Crippen LogP contribution in [0.4, 0.5) is 0 Å². The average Bonchev–Trinajstić information content (AvgIpc) is 2.49. The average molecular weight is 370 g/mol. The molecule has 0 aromatic rings. The molecular formula is C19H35N3O2S. The number of rotatable bonds is 7. The summed E-state index contributed by atoms with van der Waals surface area (Å²) < 4.78 is 22.7. The van der Waals surface area contributed by atoms with Gasteiger partial charge in [-0.1, -0.05) is 0 Å². The first-order chi connectivity index (χ1) is 11.8. The van der Waals surface area contributed by atoms with Gasteiger partial charge in [-0.3, -0.25) is 4.99 Å². The van der Waals surface area contributed by atoms with Crippen molar-refractivity contribution >= 4 is 15.8 Å². The summed E-state index contributed by atoms with van der Waals surface area (Å²) in [5, 5.41) is 6.73. The Balaban J connectivity index is 1.58. The first kappa shape index (κ1) is 19.0. The standard InChI is InChI=1S/C19H35N3O2S/c1-4-20-18(22-14(2)5-6-25(3,23)24)21-13-19-10-15-7-16(11-19)9-17(8-15)12-19/h14-17H,4-13H2,1-3H3,(H2,20,21,22). The number of guanidine groups is 1. The quantitative estimate of drug-likeness (QED) is 0.534. The minimum Gasteiger partial charge on any atom is -0.357 e. The molecule has 4 aliphatic carbocycles. The van der Waals surface area contributed by atoms with E-state index in [0.29, 0.717) is 11.8 Å². The molecule has 4 rings (SSSR count). The third kappa shape index (κ3) is 5.11. The molecule has 0 radical (unpaired) electrons. The van der Waals surface area contributed by atoms with E-state index in [-0.39, 0.29) is 11.8 Å². The summed E-state index contributed by atoms with van der Waals surface area (Å²) in [5.41, 5.74) is 0.438. The molecular weight excluding hydrogens is 334 g/mol. The van der Waals surface area contributed by atoms with Crippen LogP contribution in [0.1, 0.15) is 58.8 Å². The van der Waals surface area contributed by atoms with Crippen molar-refractivity contribution in [2.45, 2.75) is 64.8 Å². The minimum atomic E-state index is -2.91. The van der Waals surface area contributed by atoms with Crippen LogP contribution in [0.3, 0.4) is 0 Å². The fourth-order valence-electron chi connectivity index (χ4n) is 5.75. The maximum Gasteiger partial charge on any atom is 0.191 e. The van der Waals surface area contributed by atoms with Crippen LogP contribution in [0, 0.1) is 23.2 Å². The number of aliphatic imine (C=N–C) groups is 1. The predicted molar refractivity (Wildman–Crippen MR) is 104 cm³/mol. The molecule has 6 heteroatoms. The van der Waals surface area contributed by atoms with Crippen molar-refractivity contribution < 1.29 is 8.42 Å². The highest BCUT2D eigenvalue weighted by atomic mass is 32.2. The van der Waals surface area contributed by atoms with Crippen LogP contribution in [0.25, 0.3) is 0 Å². The van der Waals surface area contributed by atoms with E-state index in [2.05, 4.69) is 17.6 Å². The smallest absolute Gasteiger partial charge is 0.191 e. The number of sulfone groups is 1. The van der Waals surface area contributed by atoms with Gasteiger partial charge in [0.2, 0.25) is 0 Å². The van der Waals surface area contributed by atoms with Gasteiger partial charge < -0.3 is 10.6 Å². The van der Waals surface area contributed by atoms with Gasteiger partial charge in [0.15, 0.2) is 5.96 Å². The Labute approximate surface area is 153 Å².